The van der Waals surface area contributed by atoms with Gasteiger partial charge >= 0.3 is 0 Å². The summed E-state index contributed by atoms with van der Waals surface area (Å²) < 4.78 is 0. The van der Waals surface area contributed by atoms with Crippen LogP contribution in [0.2, 0.25) is 5.02 Å². The first-order valence-corrected chi connectivity index (χ1v) is 3.54. The largest absolute Gasteiger partial charge is 0.506 e. The summed E-state index contributed by atoms with van der Waals surface area (Å²) in [6.07, 6.45) is 0. The van der Waals surface area contributed by atoms with Crippen LogP contribution in [-0.2, 0) is 0 Å². The fourth-order valence-corrected chi connectivity index (χ4v) is 1.02. The number of aromatic hydroxyl groups is 1. The molecule has 0 atom stereocenters. The Balaban J connectivity index is 3.36. The number of phenols is 1. The van der Waals surface area contributed by atoms with E-state index in [0.717, 1.165) is 0 Å². The fourth-order valence-electron chi connectivity index (χ4n) is 0.858. The van der Waals surface area contributed by atoms with Gasteiger partial charge < -0.3 is 5.11 Å². The van der Waals surface area contributed by atoms with Gasteiger partial charge in [-0.1, -0.05) is 11.6 Å². The molecule has 0 aliphatic rings. The van der Waals surface area contributed by atoms with Gasteiger partial charge in [0.05, 0.1) is 9.95 Å². The standard InChI is InChI=1S/C7H6ClNO3/c1-4-5(9(11)12)2-3-6(10)7(4)8/h2-3,10H,1H3. The number of nitro groups is 1. The number of rotatable bonds is 1. The summed E-state index contributed by atoms with van der Waals surface area (Å²) >= 11 is 5.57. The summed E-state index contributed by atoms with van der Waals surface area (Å²) in [4.78, 5) is 9.81. The Labute approximate surface area is 73.5 Å². The van der Waals surface area contributed by atoms with Gasteiger partial charge in [-0.25, -0.2) is 0 Å². The number of nitrogens with zero attached hydrogens (tertiary/aromatic N) is 1. The van der Waals surface area contributed by atoms with E-state index in [1.54, 1.807) is 0 Å². The zero-order valence-corrected chi connectivity index (χ0v) is 7.00. The van der Waals surface area contributed by atoms with Crippen molar-refractivity contribution < 1.29 is 10.0 Å². The lowest BCUT2D eigenvalue weighted by Crippen LogP contribution is -1.91. The third kappa shape index (κ3) is 1.33. The summed E-state index contributed by atoms with van der Waals surface area (Å²) in [7, 11) is 0. The van der Waals surface area contributed by atoms with E-state index in [1.165, 1.54) is 19.1 Å². The molecular formula is C7H6ClNO3. The summed E-state index contributed by atoms with van der Waals surface area (Å²) in [6, 6.07) is 2.42. The molecule has 0 bridgehead atoms. The molecule has 12 heavy (non-hydrogen) atoms. The molecular weight excluding hydrogens is 182 g/mol. The Morgan fingerprint density at radius 2 is 2.17 bits per heavy atom. The molecule has 0 unspecified atom stereocenters. The van der Waals surface area contributed by atoms with Crippen molar-refractivity contribution in [2.75, 3.05) is 0 Å². The van der Waals surface area contributed by atoms with E-state index in [9.17, 15) is 10.1 Å². The lowest BCUT2D eigenvalue weighted by atomic mass is 10.2. The Kier molecular flexibility index (Phi) is 2.19. The number of nitro benzene ring substituents is 1. The Morgan fingerprint density at radius 1 is 1.58 bits per heavy atom. The van der Waals surface area contributed by atoms with Crippen LogP contribution in [0.15, 0.2) is 12.1 Å². The van der Waals surface area contributed by atoms with Gasteiger partial charge in [0.25, 0.3) is 5.69 Å². The predicted molar refractivity (Wildman–Crippen MR) is 44.5 cm³/mol. The van der Waals surface area contributed by atoms with E-state index in [4.69, 9.17) is 16.7 Å². The van der Waals surface area contributed by atoms with Gasteiger partial charge in [-0.05, 0) is 13.0 Å². The number of hydrogen-bond donors (Lipinski definition) is 1. The van der Waals surface area contributed by atoms with Gasteiger partial charge in [0, 0.05) is 11.6 Å². The Hall–Kier alpha value is -1.29. The minimum absolute atomic E-state index is 0.0317. The van der Waals surface area contributed by atoms with Crippen LogP contribution >= 0.6 is 11.6 Å². The van der Waals surface area contributed by atoms with Crippen LogP contribution in [0.4, 0.5) is 5.69 Å². The molecule has 0 fully saturated rings. The lowest BCUT2D eigenvalue weighted by Gasteiger charge is -2.00. The minimum atomic E-state index is -0.541. The van der Waals surface area contributed by atoms with Crippen molar-refractivity contribution in [2.24, 2.45) is 0 Å². The molecule has 64 valence electrons. The minimum Gasteiger partial charge on any atom is -0.506 e. The molecule has 1 rings (SSSR count). The Morgan fingerprint density at radius 3 is 2.67 bits per heavy atom. The highest BCUT2D eigenvalue weighted by Gasteiger charge is 2.14. The normalized spacial score (nSPS) is 9.83. The second kappa shape index (κ2) is 2.98. The highest BCUT2D eigenvalue weighted by atomic mass is 35.5. The molecule has 0 spiro atoms. The van der Waals surface area contributed by atoms with Crippen LogP contribution in [0, 0.1) is 17.0 Å². The number of phenolic OH excluding ortho intramolecular Hbond substituents is 1. The van der Waals surface area contributed by atoms with Crippen LogP contribution in [-0.4, -0.2) is 10.0 Å². The Bertz CT molecular complexity index is 338. The second-order valence-electron chi connectivity index (χ2n) is 2.30. The van der Waals surface area contributed by atoms with Crippen molar-refractivity contribution >= 4 is 17.3 Å². The van der Waals surface area contributed by atoms with Gasteiger partial charge in [0.15, 0.2) is 0 Å². The summed E-state index contributed by atoms with van der Waals surface area (Å²) in [5, 5.41) is 19.4. The molecule has 0 radical (unpaired) electrons. The van der Waals surface area contributed by atoms with Gasteiger partial charge in [-0.3, -0.25) is 10.1 Å². The molecule has 0 aliphatic heterocycles. The lowest BCUT2D eigenvalue weighted by molar-refractivity contribution is -0.385. The molecule has 1 aromatic carbocycles. The number of benzene rings is 1. The molecule has 1 aromatic rings. The molecule has 0 saturated carbocycles. The topological polar surface area (TPSA) is 63.4 Å². The van der Waals surface area contributed by atoms with E-state index in [1.807, 2.05) is 0 Å². The van der Waals surface area contributed by atoms with E-state index < -0.39 is 4.92 Å². The molecule has 0 amide bonds. The zero-order valence-electron chi connectivity index (χ0n) is 6.24. The monoisotopic (exact) mass is 187 g/mol. The average Bonchev–Trinajstić information content (AvgIpc) is 2.00. The van der Waals surface area contributed by atoms with E-state index in [-0.39, 0.29) is 22.0 Å². The van der Waals surface area contributed by atoms with E-state index >= 15 is 0 Å². The van der Waals surface area contributed by atoms with Crippen LogP contribution in [0.5, 0.6) is 5.75 Å². The fraction of sp³-hybridized carbons (Fsp3) is 0.143. The average molecular weight is 188 g/mol. The number of hydrogen-bond acceptors (Lipinski definition) is 3. The third-order valence-corrected chi connectivity index (χ3v) is 2.01. The van der Waals surface area contributed by atoms with Gasteiger partial charge in [-0.2, -0.15) is 0 Å². The van der Waals surface area contributed by atoms with Crippen LogP contribution in [0.1, 0.15) is 5.56 Å². The first kappa shape index (κ1) is 8.80. The van der Waals surface area contributed by atoms with Crippen LogP contribution in [0.3, 0.4) is 0 Å². The van der Waals surface area contributed by atoms with Gasteiger partial charge in [0.1, 0.15) is 5.75 Å². The van der Waals surface area contributed by atoms with Crippen molar-refractivity contribution in [3.63, 3.8) is 0 Å². The second-order valence-corrected chi connectivity index (χ2v) is 2.68. The maximum absolute atomic E-state index is 10.4. The van der Waals surface area contributed by atoms with Crippen molar-refractivity contribution in [3.05, 3.63) is 32.8 Å². The summed E-state index contributed by atoms with van der Waals surface area (Å²) in [6.45, 7) is 1.49. The van der Waals surface area contributed by atoms with Gasteiger partial charge in [-0.15, -0.1) is 0 Å². The molecule has 0 saturated heterocycles. The van der Waals surface area contributed by atoms with Crippen molar-refractivity contribution in [3.8, 4) is 5.75 Å². The first-order valence-electron chi connectivity index (χ1n) is 3.16. The molecule has 1 N–H and O–H groups in total. The van der Waals surface area contributed by atoms with E-state index in [0.29, 0.717) is 0 Å². The molecule has 0 heterocycles. The smallest absolute Gasteiger partial charge is 0.274 e. The van der Waals surface area contributed by atoms with Crippen molar-refractivity contribution in [2.45, 2.75) is 6.92 Å². The highest BCUT2D eigenvalue weighted by Crippen LogP contribution is 2.32. The maximum Gasteiger partial charge on any atom is 0.274 e. The van der Waals surface area contributed by atoms with Crippen LogP contribution < -0.4 is 0 Å². The van der Waals surface area contributed by atoms with Crippen LogP contribution in [0.25, 0.3) is 0 Å². The van der Waals surface area contributed by atoms with Gasteiger partial charge in [0.2, 0.25) is 0 Å². The number of halogens is 1. The maximum atomic E-state index is 10.4. The van der Waals surface area contributed by atoms with E-state index in [2.05, 4.69) is 0 Å². The quantitative estimate of drug-likeness (QED) is 0.542. The predicted octanol–water partition coefficient (Wildman–Crippen LogP) is 2.26. The molecule has 4 nitrogen and oxygen atoms in total. The molecule has 0 aliphatic carbocycles. The zero-order chi connectivity index (χ0) is 9.30. The SMILES string of the molecule is Cc1c([N+](=O)[O-])ccc(O)c1Cl. The summed E-state index contributed by atoms with van der Waals surface area (Å²) in [5.74, 6) is -0.139. The highest BCUT2D eigenvalue weighted by molar-refractivity contribution is 6.33. The third-order valence-electron chi connectivity index (χ3n) is 1.53. The molecule has 0 aromatic heterocycles. The molecule has 5 heteroatoms. The van der Waals surface area contributed by atoms with Crippen molar-refractivity contribution in [1.82, 2.24) is 0 Å². The first-order chi connectivity index (χ1) is 5.54. The van der Waals surface area contributed by atoms with Crippen molar-refractivity contribution in [1.29, 1.82) is 0 Å². The summed E-state index contributed by atoms with van der Waals surface area (Å²) in [5.41, 5.74) is 0.194.